The normalized spacial score (nSPS) is 29.2. The lowest BCUT2D eigenvalue weighted by Crippen LogP contribution is -2.51. The predicted octanol–water partition coefficient (Wildman–Crippen LogP) is 13.0. The zero-order valence-electron chi connectivity index (χ0n) is 40.2. The van der Waals surface area contributed by atoms with Gasteiger partial charge < -0.3 is 29.0 Å². The molecule has 1 aliphatic heterocycles. The number of hydrogen-bond donors (Lipinski definition) is 1. The Labute approximate surface area is 385 Å². The number of nitrogens with zero attached hydrogens (tertiary/aromatic N) is 1. The number of benzene rings is 3. The SMILES string of the molecule is COc1ccc(C(OCCC(O)C2CCN(C(=O)O[C@@H]3CC[C@]4(C)C(=CCC5C4CC[C@]4(C)C5CC[C@H]4[C@@H](C)CCCC(C)C)C3)CC2)(c2ccccc2)c2ccc(OC)cc2)cc1. The van der Waals surface area contributed by atoms with Crippen molar-refractivity contribution in [3.63, 3.8) is 0 Å². The Morgan fingerprint density at radius 3 is 2.03 bits per heavy atom. The molecule has 0 spiro atoms. The summed E-state index contributed by atoms with van der Waals surface area (Å²) in [5.41, 5.74) is 4.29. The third-order valence-electron chi connectivity index (χ3n) is 17.8. The van der Waals surface area contributed by atoms with Crippen LogP contribution >= 0.6 is 0 Å². The van der Waals surface area contributed by atoms with Crippen molar-refractivity contribution in [3.05, 3.63) is 107 Å². The molecule has 1 N–H and O–H groups in total. The summed E-state index contributed by atoms with van der Waals surface area (Å²) in [7, 11) is 3.34. The third kappa shape index (κ3) is 9.28. The van der Waals surface area contributed by atoms with Gasteiger partial charge in [0.25, 0.3) is 0 Å². The fraction of sp³-hybridized carbons (Fsp3) is 0.632. The third-order valence-corrected chi connectivity index (χ3v) is 17.8. The minimum Gasteiger partial charge on any atom is -0.497 e. The van der Waals surface area contributed by atoms with Crippen molar-refractivity contribution in [1.29, 1.82) is 0 Å². The number of ether oxygens (including phenoxy) is 4. The fourth-order valence-electron chi connectivity index (χ4n) is 14.1. The van der Waals surface area contributed by atoms with Gasteiger partial charge in [-0.25, -0.2) is 4.79 Å². The molecular formula is C57H79NO6. The summed E-state index contributed by atoms with van der Waals surface area (Å²) in [6.45, 7) is 14.1. The van der Waals surface area contributed by atoms with Crippen LogP contribution in [0.1, 0.15) is 141 Å². The van der Waals surface area contributed by atoms with Gasteiger partial charge in [-0.05, 0) is 157 Å². The summed E-state index contributed by atoms with van der Waals surface area (Å²) in [5.74, 6) is 6.55. The van der Waals surface area contributed by atoms with Crippen molar-refractivity contribution in [2.45, 2.75) is 142 Å². The van der Waals surface area contributed by atoms with Gasteiger partial charge in [0.05, 0.1) is 26.9 Å². The highest BCUT2D eigenvalue weighted by Gasteiger charge is 2.59. The summed E-state index contributed by atoms with van der Waals surface area (Å²) in [6, 6.07) is 26.4. The van der Waals surface area contributed by atoms with Gasteiger partial charge in [0, 0.05) is 19.5 Å². The molecule has 1 amide bonds. The van der Waals surface area contributed by atoms with Gasteiger partial charge >= 0.3 is 6.09 Å². The maximum absolute atomic E-state index is 13.7. The molecule has 3 saturated carbocycles. The van der Waals surface area contributed by atoms with E-state index < -0.39 is 11.7 Å². The van der Waals surface area contributed by atoms with E-state index in [0.29, 0.717) is 31.5 Å². The number of piperidine rings is 1. The Hall–Kier alpha value is -3.81. The van der Waals surface area contributed by atoms with Crippen molar-refractivity contribution in [1.82, 2.24) is 4.90 Å². The Morgan fingerprint density at radius 1 is 0.766 bits per heavy atom. The van der Waals surface area contributed by atoms with Crippen LogP contribution in [0.3, 0.4) is 0 Å². The first-order valence-electron chi connectivity index (χ1n) is 25.2. The highest BCUT2D eigenvalue weighted by molar-refractivity contribution is 5.68. The zero-order chi connectivity index (χ0) is 45.1. The van der Waals surface area contributed by atoms with E-state index in [0.717, 1.165) is 95.8 Å². The second-order valence-corrected chi connectivity index (χ2v) is 21.6. The Kier molecular flexibility index (Phi) is 14.6. The number of allylic oxidation sites excluding steroid dienone is 1. The highest BCUT2D eigenvalue weighted by Crippen LogP contribution is 2.67. The molecule has 3 aromatic carbocycles. The number of carbonyl (C=O) groups excluding carboxylic acids is 1. The van der Waals surface area contributed by atoms with E-state index in [2.05, 4.69) is 77.1 Å². The van der Waals surface area contributed by atoms with Crippen LogP contribution in [0.4, 0.5) is 4.79 Å². The molecule has 348 valence electrons. The molecule has 0 aromatic heterocycles. The van der Waals surface area contributed by atoms with Gasteiger partial charge in [-0.15, -0.1) is 0 Å². The lowest BCUT2D eigenvalue weighted by molar-refractivity contribution is -0.0599. The number of carbonyl (C=O) groups is 1. The minimum absolute atomic E-state index is 0.0541. The predicted molar refractivity (Wildman–Crippen MR) is 256 cm³/mol. The molecule has 1 saturated heterocycles. The number of aliphatic hydroxyl groups excluding tert-OH is 1. The van der Waals surface area contributed by atoms with Crippen molar-refractivity contribution in [2.24, 2.45) is 52.3 Å². The molecule has 0 bridgehead atoms. The van der Waals surface area contributed by atoms with Gasteiger partial charge in [-0.1, -0.05) is 120 Å². The molecule has 8 rings (SSSR count). The molecule has 7 nitrogen and oxygen atoms in total. The minimum atomic E-state index is -0.929. The molecule has 5 aliphatic rings. The molecule has 0 radical (unpaired) electrons. The molecule has 4 unspecified atom stereocenters. The largest absolute Gasteiger partial charge is 0.497 e. The van der Waals surface area contributed by atoms with E-state index in [1.165, 1.54) is 51.4 Å². The van der Waals surface area contributed by atoms with Crippen molar-refractivity contribution < 1.29 is 28.8 Å². The fourth-order valence-corrected chi connectivity index (χ4v) is 14.1. The summed E-state index contributed by atoms with van der Waals surface area (Å²) < 4.78 is 24.4. The van der Waals surface area contributed by atoms with Crippen LogP contribution in [0, 0.1) is 52.3 Å². The van der Waals surface area contributed by atoms with E-state index in [9.17, 15) is 9.90 Å². The molecule has 7 heteroatoms. The summed E-state index contributed by atoms with van der Waals surface area (Å²) >= 11 is 0. The summed E-state index contributed by atoms with van der Waals surface area (Å²) in [5, 5.41) is 11.6. The van der Waals surface area contributed by atoms with Crippen molar-refractivity contribution >= 4 is 6.09 Å². The number of methoxy groups -OCH3 is 2. The molecule has 4 aliphatic carbocycles. The van der Waals surface area contributed by atoms with E-state index >= 15 is 0 Å². The van der Waals surface area contributed by atoms with Crippen molar-refractivity contribution in [2.75, 3.05) is 33.9 Å². The topological polar surface area (TPSA) is 77.5 Å². The summed E-state index contributed by atoms with van der Waals surface area (Å²) in [4.78, 5) is 15.6. The quantitative estimate of drug-likeness (QED) is 0.114. The molecule has 4 fully saturated rings. The maximum atomic E-state index is 13.7. The Balaban J connectivity index is 0.847. The van der Waals surface area contributed by atoms with E-state index in [4.69, 9.17) is 18.9 Å². The number of rotatable bonds is 16. The smallest absolute Gasteiger partial charge is 0.410 e. The van der Waals surface area contributed by atoms with Gasteiger partial charge in [-0.3, -0.25) is 0 Å². The summed E-state index contributed by atoms with van der Waals surface area (Å²) in [6.07, 6.45) is 17.7. The van der Waals surface area contributed by atoms with E-state index in [1.54, 1.807) is 19.8 Å². The average molecular weight is 874 g/mol. The monoisotopic (exact) mass is 874 g/mol. The van der Waals surface area contributed by atoms with Crippen molar-refractivity contribution in [3.8, 4) is 11.5 Å². The Morgan fingerprint density at radius 2 is 1.41 bits per heavy atom. The zero-order valence-corrected chi connectivity index (χ0v) is 40.2. The lowest BCUT2D eigenvalue weighted by Gasteiger charge is -2.58. The molecule has 64 heavy (non-hydrogen) atoms. The molecule has 9 atom stereocenters. The second-order valence-electron chi connectivity index (χ2n) is 21.6. The first kappa shape index (κ1) is 46.7. The van der Waals surface area contributed by atoms with Crippen LogP contribution in [0.5, 0.6) is 11.5 Å². The number of fused-ring (bicyclic) bond motifs is 5. The maximum Gasteiger partial charge on any atom is 0.410 e. The van der Waals surface area contributed by atoms with E-state index in [-0.39, 0.29) is 23.5 Å². The van der Waals surface area contributed by atoms with Crippen LogP contribution in [-0.4, -0.2) is 62.2 Å². The molecular weight excluding hydrogens is 795 g/mol. The van der Waals surface area contributed by atoms with Gasteiger partial charge in [0.15, 0.2) is 0 Å². The van der Waals surface area contributed by atoms with Gasteiger partial charge in [0.2, 0.25) is 0 Å². The second kappa shape index (κ2) is 20.0. The lowest BCUT2D eigenvalue weighted by atomic mass is 9.47. The standard InChI is InChI=1S/C57H79NO6/c1-39(2)12-11-13-40(3)50-26-27-51-49-25-20-45-38-48(28-33-55(45,4)52(49)29-34-56(50,51)5)64-54(60)58-35-30-41(31-36-58)53(59)32-37-63-57(42-14-9-8-10-15-42,43-16-21-46(61-6)22-17-43)44-18-23-47(62-7)24-19-44/h8-10,14-24,39-41,48-53,59H,11-13,25-38H2,1-7H3/t40-,48+,49?,50-,51?,52?,53?,55+,56-/m0/s1. The molecule has 1 heterocycles. The number of amides is 1. The van der Waals surface area contributed by atoms with Crippen LogP contribution in [0.25, 0.3) is 0 Å². The Bertz CT molecular complexity index is 1960. The van der Waals surface area contributed by atoms with Crippen LogP contribution in [0.15, 0.2) is 90.5 Å². The first-order chi connectivity index (χ1) is 30.9. The highest BCUT2D eigenvalue weighted by atomic mass is 16.6. The number of aliphatic hydroxyl groups is 1. The molecule has 3 aromatic rings. The van der Waals surface area contributed by atoms with Gasteiger partial charge in [-0.2, -0.15) is 0 Å². The van der Waals surface area contributed by atoms with Crippen LogP contribution in [-0.2, 0) is 15.1 Å². The van der Waals surface area contributed by atoms with Crippen LogP contribution < -0.4 is 9.47 Å². The van der Waals surface area contributed by atoms with E-state index in [1.807, 2.05) is 47.4 Å². The first-order valence-corrected chi connectivity index (χ1v) is 25.2. The van der Waals surface area contributed by atoms with Crippen LogP contribution in [0.2, 0.25) is 0 Å². The number of hydrogen-bond acceptors (Lipinski definition) is 6. The number of likely N-dealkylation sites (tertiary alicyclic amines) is 1. The average Bonchev–Trinajstić information content (AvgIpc) is 3.68. The van der Waals surface area contributed by atoms with Gasteiger partial charge in [0.1, 0.15) is 23.2 Å².